The molecular weight excluding hydrogens is 414 g/mol. The summed E-state index contributed by atoms with van der Waals surface area (Å²) in [5.74, 6) is -0.371. The van der Waals surface area contributed by atoms with E-state index in [1.54, 1.807) is 35.1 Å². The molecule has 4 aromatic rings. The highest BCUT2D eigenvalue weighted by Crippen LogP contribution is 2.26. The average Bonchev–Trinajstić information content (AvgIpc) is 3.20. The molecule has 0 aliphatic heterocycles. The molecule has 0 fully saturated rings. The Morgan fingerprint density at radius 3 is 2.32 bits per heavy atom. The summed E-state index contributed by atoms with van der Waals surface area (Å²) in [6, 6.07) is 21.8. The Balaban J connectivity index is 1.77. The lowest BCUT2D eigenvalue weighted by Crippen LogP contribution is -2.12. The van der Waals surface area contributed by atoms with Crippen molar-refractivity contribution in [3.63, 3.8) is 0 Å². The van der Waals surface area contributed by atoms with Gasteiger partial charge in [0.05, 0.1) is 16.1 Å². The molecule has 7 nitrogen and oxygen atoms in total. The van der Waals surface area contributed by atoms with E-state index in [-0.39, 0.29) is 10.6 Å². The first kappa shape index (κ1) is 20.4. The normalized spacial score (nSPS) is 11.3. The number of hydrogen-bond donors (Lipinski definition) is 2. The van der Waals surface area contributed by atoms with Gasteiger partial charge in [-0.2, -0.15) is 5.10 Å². The van der Waals surface area contributed by atoms with Crippen LogP contribution in [0.25, 0.3) is 16.9 Å². The van der Waals surface area contributed by atoms with Crippen LogP contribution in [-0.2, 0) is 9.84 Å². The second kappa shape index (κ2) is 8.08. The molecule has 0 saturated carbocycles. The zero-order valence-corrected chi connectivity index (χ0v) is 17.4. The summed E-state index contributed by atoms with van der Waals surface area (Å²) in [4.78, 5) is 13.2. The highest BCUT2D eigenvalue weighted by atomic mass is 32.2. The lowest BCUT2D eigenvalue weighted by Gasteiger charge is -2.06. The molecule has 1 aromatic heterocycles. The van der Waals surface area contributed by atoms with Crippen LogP contribution >= 0.6 is 0 Å². The summed E-state index contributed by atoms with van der Waals surface area (Å²) >= 11 is 0. The van der Waals surface area contributed by atoms with Crippen LogP contribution < -0.4 is 5.32 Å². The van der Waals surface area contributed by atoms with Crippen molar-refractivity contribution in [3.8, 4) is 22.7 Å². The van der Waals surface area contributed by atoms with Crippen molar-refractivity contribution in [2.75, 3.05) is 11.6 Å². The summed E-state index contributed by atoms with van der Waals surface area (Å²) < 4.78 is 25.1. The quantitative estimate of drug-likeness (QED) is 0.497. The predicted octanol–water partition coefficient (Wildman–Crippen LogP) is 3.90. The van der Waals surface area contributed by atoms with Gasteiger partial charge in [0.2, 0.25) is 0 Å². The number of carbonyl (C=O) groups excluding carboxylic acids is 1. The third-order valence-corrected chi connectivity index (χ3v) is 5.77. The van der Waals surface area contributed by atoms with Crippen LogP contribution in [0.15, 0.2) is 90.0 Å². The highest BCUT2D eigenvalue weighted by Gasteiger charge is 2.20. The van der Waals surface area contributed by atoms with Crippen molar-refractivity contribution < 1.29 is 18.3 Å². The first-order valence-electron chi connectivity index (χ1n) is 9.37. The molecule has 8 heteroatoms. The number of anilines is 1. The number of sulfone groups is 1. The van der Waals surface area contributed by atoms with Gasteiger partial charge in [0.25, 0.3) is 5.91 Å². The van der Waals surface area contributed by atoms with Crippen LogP contribution in [0, 0.1) is 0 Å². The van der Waals surface area contributed by atoms with E-state index in [0.29, 0.717) is 22.5 Å². The molecule has 2 N–H and O–H groups in total. The molecule has 4 rings (SSSR count). The number of para-hydroxylation sites is 1. The van der Waals surface area contributed by atoms with Gasteiger partial charge in [-0.15, -0.1) is 0 Å². The van der Waals surface area contributed by atoms with E-state index in [2.05, 4.69) is 10.4 Å². The van der Waals surface area contributed by atoms with Crippen LogP contribution in [-0.4, -0.2) is 35.5 Å². The fraction of sp³-hybridized carbons (Fsp3) is 0.0435. The Morgan fingerprint density at radius 1 is 0.968 bits per heavy atom. The Bertz CT molecular complexity index is 1350. The van der Waals surface area contributed by atoms with Crippen molar-refractivity contribution >= 4 is 21.4 Å². The number of hydrogen-bond acceptors (Lipinski definition) is 5. The van der Waals surface area contributed by atoms with E-state index in [4.69, 9.17) is 0 Å². The number of aromatic hydroxyl groups is 1. The number of carbonyl (C=O) groups is 1. The van der Waals surface area contributed by atoms with Crippen molar-refractivity contribution in [3.05, 3.63) is 90.6 Å². The summed E-state index contributed by atoms with van der Waals surface area (Å²) in [6.07, 6.45) is 2.76. The smallest absolute Gasteiger partial charge is 0.259 e. The third kappa shape index (κ3) is 4.49. The second-order valence-corrected chi connectivity index (χ2v) is 8.99. The zero-order valence-electron chi connectivity index (χ0n) is 16.6. The standard InChI is InChI=1S/C23H19N3O4S/c1-31(29,30)20-12-10-16(11-13-20)22-21(15-26(25-22)18-7-3-2-4-8-18)23(28)24-17-6-5-9-19(27)14-17/h2-15,27H,1H3,(H,24,28). The molecule has 0 aliphatic carbocycles. The molecule has 0 aliphatic rings. The molecule has 156 valence electrons. The number of nitrogens with one attached hydrogen (secondary N) is 1. The topological polar surface area (TPSA) is 101 Å². The van der Waals surface area contributed by atoms with Crippen molar-refractivity contribution in [1.82, 2.24) is 9.78 Å². The van der Waals surface area contributed by atoms with Gasteiger partial charge in [0.15, 0.2) is 9.84 Å². The number of amides is 1. The van der Waals surface area contributed by atoms with Gasteiger partial charge in [0, 0.05) is 29.8 Å². The van der Waals surface area contributed by atoms with Crippen LogP contribution in [0.5, 0.6) is 5.75 Å². The molecular formula is C23H19N3O4S. The third-order valence-electron chi connectivity index (χ3n) is 4.64. The lowest BCUT2D eigenvalue weighted by atomic mass is 10.1. The zero-order chi connectivity index (χ0) is 22.0. The minimum absolute atomic E-state index is 0.0365. The summed E-state index contributed by atoms with van der Waals surface area (Å²) in [6.45, 7) is 0. The maximum Gasteiger partial charge on any atom is 0.259 e. The fourth-order valence-corrected chi connectivity index (χ4v) is 3.74. The molecule has 0 radical (unpaired) electrons. The fourth-order valence-electron chi connectivity index (χ4n) is 3.11. The molecule has 0 atom stereocenters. The van der Waals surface area contributed by atoms with E-state index in [0.717, 1.165) is 11.9 Å². The van der Waals surface area contributed by atoms with E-state index < -0.39 is 15.7 Å². The summed E-state index contributed by atoms with van der Waals surface area (Å²) in [7, 11) is -3.34. The van der Waals surface area contributed by atoms with E-state index >= 15 is 0 Å². The molecule has 3 aromatic carbocycles. The molecule has 1 amide bonds. The van der Waals surface area contributed by atoms with E-state index in [1.165, 1.54) is 24.3 Å². The van der Waals surface area contributed by atoms with Crippen molar-refractivity contribution in [2.24, 2.45) is 0 Å². The number of benzene rings is 3. The van der Waals surface area contributed by atoms with Gasteiger partial charge in [-0.1, -0.05) is 36.4 Å². The van der Waals surface area contributed by atoms with Crippen molar-refractivity contribution in [1.29, 1.82) is 0 Å². The second-order valence-electron chi connectivity index (χ2n) is 6.97. The van der Waals surface area contributed by atoms with Crippen LogP contribution in [0.3, 0.4) is 0 Å². The number of nitrogens with zero attached hydrogens (tertiary/aromatic N) is 2. The lowest BCUT2D eigenvalue weighted by molar-refractivity contribution is 0.102. The Labute approximate surface area is 179 Å². The van der Waals surface area contributed by atoms with Gasteiger partial charge < -0.3 is 10.4 Å². The first-order valence-corrected chi connectivity index (χ1v) is 11.3. The van der Waals surface area contributed by atoms with E-state index in [1.807, 2.05) is 30.3 Å². The predicted molar refractivity (Wildman–Crippen MR) is 118 cm³/mol. The number of aromatic nitrogens is 2. The Morgan fingerprint density at radius 2 is 1.68 bits per heavy atom. The van der Waals surface area contributed by atoms with Gasteiger partial charge in [-0.25, -0.2) is 13.1 Å². The molecule has 0 saturated heterocycles. The minimum atomic E-state index is -3.34. The SMILES string of the molecule is CS(=O)(=O)c1ccc(-c2nn(-c3ccccc3)cc2C(=O)Nc2cccc(O)c2)cc1. The van der Waals surface area contributed by atoms with Gasteiger partial charge in [-0.05, 0) is 36.4 Å². The maximum absolute atomic E-state index is 13.0. The van der Waals surface area contributed by atoms with Crippen LogP contribution in [0.1, 0.15) is 10.4 Å². The molecule has 0 unspecified atom stereocenters. The Kier molecular flexibility index (Phi) is 5.31. The first-order chi connectivity index (χ1) is 14.8. The molecule has 31 heavy (non-hydrogen) atoms. The number of rotatable bonds is 5. The van der Waals surface area contributed by atoms with Gasteiger partial charge in [-0.3, -0.25) is 4.79 Å². The number of phenols is 1. The number of phenolic OH excluding ortho intramolecular Hbond substituents is 1. The summed E-state index contributed by atoms with van der Waals surface area (Å²) in [5, 5.41) is 17.0. The molecule has 1 heterocycles. The minimum Gasteiger partial charge on any atom is -0.508 e. The molecule has 0 spiro atoms. The van der Waals surface area contributed by atoms with Gasteiger partial charge in [0.1, 0.15) is 11.4 Å². The summed E-state index contributed by atoms with van der Waals surface area (Å²) in [5.41, 5.74) is 2.52. The van der Waals surface area contributed by atoms with Gasteiger partial charge >= 0.3 is 0 Å². The molecule has 0 bridgehead atoms. The van der Waals surface area contributed by atoms with E-state index in [9.17, 15) is 18.3 Å². The largest absolute Gasteiger partial charge is 0.508 e. The monoisotopic (exact) mass is 433 g/mol. The highest BCUT2D eigenvalue weighted by molar-refractivity contribution is 7.90. The maximum atomic E-state index is 13.0. The van der Waals surface area contributed by atoms with Crippen LogP contribution in [0.4, 0.5) is 5.69 Å². The average molecular weight is 433 g/mol. The Hall–Kier alpha value is -3.91. The van der Waals surface area contributed by atoms with Crippen LogP contribution in [0.2, 0.25) is 0 Å². The van der Waals surface area contributed by atoms with Crippen molar-refractivity contribution in [2.45, 2.75) is 4.90 Å².